The number of aliphatic hydroxyl groups is 1. The van der Waals surface area contributed by atoms with Gasteiger partial charge in [-0.15, -0.1) is 0 Å². The highest BCUT2D eigenvalue weighted by Crippen LogP contribution is 2.07. The Morgan fingerprint density at radius 2 is 1.93 bits per heavy atom. The maximum atomic E-state index is 9.78. The van der Waals surface area contributed by atoms with Crippen LogP contribution in [0.2, 0.25) is 0 Å². The molecule has 78 valence electrons. The molecule has 0 spiro atoms. The number of aliphatic hydroxyl groups excluding tert-OH is 1. The SMILES string of the molecule is CCOC(C)C(O)Cc1ccccc1. The largest absolute Gasteiger partial charge is 0.390 e. The minimum absolute atomic E-state index is 0.0970. The predicted octanol–water partition coefficient (Wildman–Crippen LogP) is 2.01. The van der Waals surface area contributed by atoms with E-state index in [0.29, 0.717) is 13.0 Å². The first-order valence-electron chi connectivity index (χ1n) is 5.07. The highest BCUT2D eigenvalue weighted by Gasteiger charge is 2.14. The molecule has 0 aromatic heterocycles. The molecule has 0 aliphatic rings. The Hall–Kier alpha value is -0.860. The van der Waals surface area contributed by atoms with E-state index in [0.717, 1.165) is 5.56 Å². The zero-order valence-corrected chi connectivity index (χ0v) is 8.81. The van der Waals surface area contributed by atoms with Crippen LogP contribution in [0, 0.1) is 0 Å². The van der Waals surface area contributed by atoms with Gasteiger partial charge in [-0.3, -0.25) is 0 Å². The first kappa shape index (κ1) is 11.2. The second-order valence-corrected chi connectivity index (χ2v) is 3.42. The van der Waals surface area contributed by atoms with Crippen LogP contribution >= 0.6 is 0 Å². The molecule has 1 aromatic carbocycles. The van der Waals surface area contributed by atoms with Crippen molar-refractivity contribution in [2.45, 2.75) is 32.5 Å². The lowest BCUT2D eigenvalue weighted by atomic mass is 10.1. The van der Waals surface area contributed by atoms with Gasteiger partial charge in [0, 0.05) is 13.0 Å². The smallest absolute Gasteiger partial charge is 0.0839 e. The third-order valence-corrected chi connectivity index (χ3v) is 2.26. The second kappa shape index (κ2) is 5.78. The molecule has 1 N–H and O–H groups in total. The molecule has 14 heavy (non-hydrogen) atoms. The highest BCUT2D eigenvalue weighted by atomic mass is 16.5. The van der Waals surface area contributed by atoms with Gasteiger partial charge < -0.3 is 9.84 Å². The summed E-state index contributed by atoms with van der Waals surface area (Å²) in [5.41, 5.74) is 1.14. The third-order valence-electron chi connectivity index (χ3n) is 2.26. The van der Waals surface area contributed by atoms with Gasteiger partial charge in [0.05, 0.1) is 12.2 Å². The normalized spacial score (nSPS) is 15.1. The van der Waals surface area contributed by atoms with Gasteiger partial charge in [0.25, 0.3) is 0 Å². The van der Waals surface area contributed by atoms with Crippen LogP contribution in [0.15, 0.2) is 30.3 Å². The number of hydrogen-bond acceptors (Lipinski definition) is 2. The molecule has 2 nitrogen and oxygen atoms in total. The Balaban J connectivity index is 2.44. The van der Waals surface area contributed by atoms with Crippen molar-refractivity contribution in [2.24, 2.45) is 0 Å². The summed E-state index contributed by atoms with van der Waals surface area (Å²) in [6.07, 6.45) is 0.139. The van der Waals surface area contributed by atoms with Crippen LogP contribution < -0.4 is 0 Å². The zero-order valence-electron chi connectivity index (χ0n) is 8.81. The summed E-state index contributed by atoms with van der Waals surface area (Å²) in [4.78, 5) is 0. The van der Waals surface area contributed by atoms with Crippen molar-refractivity contribution in [3.8, 4) is 0 Å². The first-order valence-corrected chi connectivity index (χ1v) is 5.07. The third kappa shape index (κ3) is 3.48. The van der Waals surface area contributed by atoms with Gasteiger partial charge in [0.2, 0.25) is 0 Å². The molecule has 0 amide bonds. The summed E-state index contributed by atoms with van der Waals surface area (Å²) in [6, 6.07) is 9.96. The summed E-state index contributed by atoms with van der Waals surface area (Å²) in [6.45, 7) is 4.48. The van der Waals surface area contributed by atoms with Crippen LogP contribution in [-0.4, -0.2) is 23.9 Å². The Bertz CT molecular complexity index is 246. The van der Waals surface area contributed by atoms with E-state index in [1.54, 1.807) is 0 Å². The molecule has 0 radical (unpaired) electrons. The van der Waals surface area contributed by atoms with Crippen molar-refractivity contribution in [3.05, 3.63) is 35.9 Å². The van der Waals surface area contributed by atoms with Gasteiger partial charge in [-0.1, -0.05) is 30.3 Å². The summed E-state index contributed by atoms with van der Waals surface area (Å²) in [7, 11) is 0. The fraction of sp³-hybridized carbons (Fsp3) is 0.500. The van der Waals surface area contributed by atoms with Crippen molar-refractivity contribution < 1.29 is 9.84 Å². The monoisotopic (exact) mass is 194 g/mol. The van der Waals surface area contributed by atoms with Crippen molar-refractivity contribution in [2.75, 3.05) is 6.61 Å². The number of hydrogen-bond donors (Lipinski definition) is 1. The van der Waals surface area contributed by atoms with Crippen LogP contribution in [0.5, 0.6) is 0 Å². The van der Waals surface area contributed by atoms with Gasteiger partial charge in [0.1, 0.15) is 0 Å². The molecule has 1 rings (SSSR count). The Morgan fingerprint density at radius 3 is 2.50 bits per heavy atom. The molecule has 0 aliphatic carbocycles. The van der Waals surface area contributed by atoms with Crippen LogP contribution in [0.3, 0.4) is 0 Å². The van der Waals surface area contributed by atoms with E-state index >= 15 is 0 Å². The van der Waals surface area contributed by atoms with E-state index in [9.17, 15) is 5.11 Å². The summed E-state index contributed by atoms with van der Waals surface area (Å²) < 4.78 is 5.33. The topological polar surface area (TPSA) is 29.5 Å². The maximum absolute atomic E-state index is 9.78. The fourth-order valence-corrected chi connectivity index (χ4v) is 1.40. The Morgan fingerprint density at radius 1 is 1.29 bits per heavy atom. The summed E-state index contributed by atoms with van der Waals surface area (Å²) in [5.74, 6) is 0. The quantitative estimate of drug-likeness (QED) is 0.777. The number of rotatable bonds is 5. The molecule has 0 aliphatic heterocycles. The van der Waals surface area contributed by atoms with Crippen molar-refractivity contribution in [3.63, 3.8) is 0 Å². The molecule has 0 saturated carbocycles. The molecule has 0 heterocycles. The molecule has 0 bridgehead atoms. The molecule has 2 unspecified atom stereocenters. The van der Waals surface area contributed by atoms with Crippen LogP contribution in [-0.2, 0) is 11.2 Å². The highest BCUT2D eigenvalue weighted by molar-refractivity contribution is 5.15. The standard InChI is InChI=1S/C12H18O2/c1-3-14-10(2)12(13)9-11-7-5-4-6-8-11/h4-8,10,12-13H,3,9H2,1-2H3. The zero-order chi connectivity index (χ0) is 10.4. The average Bonchev–Trinajstić information content (AvgIpc) is 2.19. The number of ether oxygens (including phenoxy) is 1. The number of benzene rings is 1. The maximum Gasteiger partial charge on any atom is 0.0839 e. The van der Waals surface area contributed by atoms with Crippen LogP contribution in [0.1, 0.15) is 19.4 Å². The van der Waals surface area contributed by atoms with Crippen molar-refractivity contribution in [1.82, 2.24) is 0 Å². The van der Waals surface area contributed by atoms with Crippen LogP contribution in [0.4, 0.5) is 0 Å². The average molecular weight is 194 g/mol. The molecule has 2 heteroatoms. The van der Waals surface area contributed by atoms with Crippen molar-refractivity contribution >= 4 is 0 Å². The molecular formula is C12H18O2. The lowest BCUT2D eigenvalue weighted by Crippen LogP contribution is -2.28. The Labute approximate surface area is 85.5 Å². The van der Waals surface area contributed by atoms with E-state index in [4.69, 9.17) is 4.74 Å². The second-order valence-electron chi connectivity index (χ2n) is 3.42. The van der Waals surface area contributed by atoms with Crippen LogP contribution in [0.25, 0.3) is 0 Å². The van der Waals surface area contributed by atoms with E-state index in [2.05, 4.69) is 0 Å². The molecule has 0 saturated heterocycles. The van der Waals surface area contributed by atoms with Gasteiger partial charge in [-0.2, -0.15) is 0 Å². The van der Waals surface area contributed by atoms with Gasteiger partial charge in [-0.25, -0.2) is 0 Å². The van der Waals surface area contributed by atoms with Gasteiger partial charge in [-0.05, 0) is 19.4 Å². The lowest BCUT2D eigenvalue weighted by Gasteiger charge is -2.18. The summed E-state index contributed by atoms with van der Waals surface area (Å²) in [5, 5.41) is 9.78. The fourth-order valence-electron chi connectivity index (χ4n) is 1.40. The Kier molecular flexibility index (Phi) is 4.63. The summed E-state index contributed by atoms with van der Waals surface area (Å²) >= 11 is 0. The molecular weight excluding hydrogens is 176 g/mol. The van der Waals surface area contributed by atoms with E-state index < -0.39 is 6.10 Å². The van der Waals surface area contributed by atoms with Crippen molar-refractivity contribution in [1.29, 1.82) is 0 Å². The van der Waals surface area contributed by atoms with E-state index in [1.807, 2.05) is 44.2 Å². The van der Waals surface area contributed by atoms with Gasteiger partial charge in [0.15, 0.2) is 0 Å². The lowest BCUT2D eigenvalue weighted by molar-refractivity contribution is -0.0208. The predicted molar refractivity (Wildman–Crippen MR) is 57.2 cm³/mol. The minimum Gasteiger partial charge on any atom is -0.390 e. The van der Waals surface area contributed by atoms with E-state index in [-0.39, 0.29) is 6.10 Å². The first-order chi connectivity index (χ1) is 6.74. The van der Waals surface area contributed by atoms with Gasteiger partial charge >= 0.3 is 0 Å². The van der Waals surface area contributed by atoms with E-state index in [1.165, 1.54) is 0 Å². The molecule has 2 atom stereocenters. The molecule has 1 aromatic rings. The minimum atomic E-state index is -0.419. The molecule has 0 fully saturated rings.